The molecule has 4 nitrogen and oxygen atoms in total. The number of aromatic nitrogens is 2. The van der Waals surface area contributed by atoms with E-state index in [0.717, 1.165) is 49.3 Å². The van der Waals surface area contributed by atoms with E-state index in [4.69, 9.17) is 11.6 Å². The Balaban J connectivity index is 1.34. The lowest BCUT2D eigenvalue weighted by Gasteiger charge is -2.42. The van der Waals surface area contributed by atoms with Crippen molar-refractivity contribution in [3.63, 3.8) is 0 Å². The summed E-state index contributed by atoms with van der Waals surface area (Å²) in [6.07, 6.45) is 5.60. The first-order valence-corrected chi connectivity index (χ1v) is 11.9. The van der Waals surface area contributed by atoms with Gasteiger partial charge in [-0.15, -0.1) is 0 Å². The van der Waals surface area contributed by atoms with E-state index in [1.807, 2.05) is 79.0 Å². The van der Waals surface area contributed by atoms with Crippen molar-refractivity contribution in [2.24, 2.45) is 5.92 Å². The average molecular weight is 458 g/mol. The van der Waals surface area contributed by atoms with E-state index < -0.39 is 5.60 Å². The second kappa shape index (κ2) is 9.52. The van der Waals surface area contributed by atoms with Crippen LogP contribution in [0, 0.1) is 5.92 Å². The molecule has 5 rings (SSSR count). The quantitative estimate of drug-likeness (QED) is 0.379. The molecule has 1 aliphatic heterocycles. The van der Waals surface area contributed by atoms with Crippen LogP contribution in [0.5, 0.6) is 0 Å². The Morgan fingerprint density at radius 2 is 1.48 bits per heavy atom. The third-order valence-electron chi connectivity index (χ3n) is 6.82. The van der Waals surface area contributed by atoms with Crippen molar-refractivity contribution in [1.82, 2.24) is 14.5 Å². The van der Waals surface area contributed by atoms with Gasteiger partial charge in [-0.25, -0.2) is 4.98 Å². The van der Waals surface area contributed by atoms with E-state index in [9.17, 15) is 5.11 Å². The molecule has 2 aromatic carbocycles. The molecule has 33 heavy (non-hydrogen) atoms. The minimum atomic E-state index is -0.988. The van der Waals surface area contributed by atoms with Crippen LogP contribution in [0.4, 0.5) is 0 Å². The second-order valence-electron chi connectivity index (χ2n) is 8.73. The normalized spacial score (nSPS) is 15.6. The molecule has 1 aliphatic rings. The number of halogens is 1. The van der Waals surface area contributed by atoms with Gasteiger partial charge in [0.2, 0.25) is 0 Å². The number of piperidine rings is 1. The summed E-state index contributed by atoms with van der Waals surface area (Å²) >= 11 is 6.34. The van der Waals surface area contributed by atoms with Gasteiger partial charge < -0.3 is 9.67 Å². The Morgan fingerprint density at radius 1 is 0.848 bits per heavy atom. The second-order valence-corrected chi connectivity index (χ2v) is 9.09. The maximum atomic E-state index is 12.1. The van der Waals surface area contributed by atoms with E-state index >= 15 is 0 Å². The van der Waals surface area contributed by atoms with Crippen molar-refractivity contribution in [2.45, 2.75) is 25.0 Å². The predicted molar refractivity (Wildman–Crippen MR) is 132 cm³/mol. The number of pyridine rings is 1. The molecular weight excluding hydrogens is 430 g/mol. The van der Waals surface area contributed by atoms with Crippen LogP contribution >= 0.6 is 11.6 Å². The van der Waals surface area contributed by atoms with Crippen molar-refractivity contribution in [3.05, 3.63) is 119 Å². The minimum absolute atomic E-state index is 0.151. The Bertz CT molecular complexity index is 1140. The molecule has 168 valence electrons. The molecule has 1 fully saturated rings. The molecule has 0 bridgehead atoms. The van der Waals surface area contributed by atoms with E-state index in [0.29, 0.717) is 5.15 Å². The van der Waals surface area contributed by atoms with E-state index in [-0.39, 0.29) is 5.92 Å². The Kier molecular flexibility index (Phi) is 6.32. The van der Waals surface area contributed by atoms with Crippen molar-refractivity contribution in [2.75, 3.05) is 13.1 Å². The predicted octanol–water partition coefficient (Wildman–Crippen LogP) is 5.67. The zero-order valence-corrected chi connectivity index (χ0v) is 19.3. The molecule has 4 aromatic rings. The number of rotatable bonds is 6. The lowest BCUT2D eigenvalue weighted by molar-refractivity contribution is -0.0154. The first kappa shape index (κ1) is 21.9. The molecule has 1 saturated heterocycles. The fourth-order valence-electron chi connectivity index (χ4n) is 5.10. The molecular formula is C28H28ClN3O. The molecule has 2 aromatic heterocycles. The van der Waals surface area contributed by atoms with Gasteiger partial charge in [0.05, 0.1) is 5.69 Å². The van der Waals surface area contributed by atoms with Gasteiger partial charge in [-0.2, -0.15) is 0 Å². The zero-order valence-electron chi connectivity index (χ0n) is 18.5. The number of nitrogens with zero attached hydrogens (tertiary/aromatic N) is 3. The van der Waals surface area contributed by atoms with Crippen molar-refractivity contribution >= 4 is 11.6 Å². The molecule has 0 radical (unpaired) electrons. The fourth-order valence-corrected chi connectivity index (χ4v) is 5.31. The third-order valence-corrected chi connectivity index (χ3v) is 7.12. The number of likely N-dealkylation sites (tertiary alicyclic amines) is 1. The Labute approximate surface area is 200 Å². The summed E-state index contributed by atoms with van der Waals surface area (Å²) in [5.41, 5.74) is 3.03. The number of hydrogen-bond acceptors (Lipinski definition) is 3. The van der Waals surface area contributed by atoms with Gasteiger partial charge in [-0.05, 0) is 67.2 Å². The Morgan fingerprint density at radius 3 is 2.09 bits per heavy atom. The van der Waals surface area contributed by atoms with Crippen LogP contribution in [0.3, 0.4) is 0 Å². The van der Waals surface area contributed by atoms with Gasteiger partial charge in [0.1, 0.15) is 5.60 Å². The van der Waals surface area contributed by atoms with Crippen LogP contribution in [0.1, 0.15) is 29.7 Å². The number of aliphatic hydroxyl groups is 1. The molecule has 5 heteroatoms. The summed E-state index contributed by atoms with van der Waals surface area (Å²) in [5.74, 6) is 0.151. The maximum absolute atomic E-state index is 12.1. The van der Waals surface area contributed by atoms with Gasteiger partial charge in [0.15, 0.2) is 5.15 Å². The fraction of sp³-hybridized carbons (Fsp3) is 0.250. The third kappa shape index (κ3) is 4.34. The molecule has 0 spiro atoms. The van der Waals surface area contributed by atoms with Crippen LogP contribution in [-0.4, -0.2) is 32.6 Å². The summed E-state index contributed by atoms with van der Waals surface area (Å²) in [6, 6.07) is 28.3. The van der Waals surface area contributed by atoms with E-state index in [1.54, 1.807) is 6.20 Å². The van der Waals surface area contributed by atoms with E-state index in [1.165, 1.54) is 5.69 Å². The molecule has 0 aliphatic carbocycles. The summed E-state index contributed by atoms with van der Waals surface area (Å²) in [6.45, 7) is 2.69. The van der Waals surface area contributed by atoms with Gasteiger partial charge in [0, 0.05) is 24.6 Å². The van der Waals surface area contributed by atoms with Crippen LogP contribution in [0.15, 0.2) is 97.3 Å². The molecule has 0 unspecified atom stereocenters. The number of benzene rings is 2. The standard InChI is InChI=1S/C28H28ClN3O/c29-27-26(14-7-17-30-27)32-18-8-13-25(32)21-31-19-15-24(16-20-31)28(33,22-9-3-1-4-10-22)23-11-5-2-6-12-23/h1-14,17-18,24,33H,15-16,19-21H2. The molecule has 0 amide bonds. The van der Waals surface area contributed by atoms with Gasteiger partial charge in [-0.3, -0.25) is 4.90 Å². The highest BCUT2D eigenvalue weighted by Gasteiger charge is 2.41. The Hall–Kier alpha value is -2.92. The van der Waals surface area contributed by atoms with Crippen molar-refractivity contribution in [1.29, 1.82) is 0 Å². The van der Waals surface area contributed by atoms with Gasteiger partial charge in [0.25, 0.3) is 0 Å². The highest BCUT2D eigenvalue weighted by atomic mass is 35.5. The lowest BCUT2D eigenvalue weighted by Crippen LogP contribution is -2.44. The summed E-state index contributed by atoms with van der Waals surface area (Å²) in [5, 5.41) is 12.6. The maximum Gasteiger partial charge on any atom is 0.152 e. The highest BCUT2D eigenvalue weighted by Crippen LogP contribution is 2.42. The first-order valence-electron chi connectivity index (χ1n) is 11.5. The summed E-state index contributed by atoms with van der Waals surface area (Å²) in [7, 11) is 0. The van der Waals surface area contributed by atoms with Crippen molar-refractivity contribution < 1.29 is 5.11 Å². The van der Waals surface area contributed by atoms with Crippen LogP contribution in [-0.2, 0) is 12.1 Å². The minimum Gasteiger partial charge on any atom is -0.380 e. The van der Waals surface area contributed by atoms with Crippen molar-refractivity contribution in [3.8, 4) is 5.69 Å². The molecule has 0 saturated carbocycles. The van der Waals surface area contributed by atoms with E-state index in [2.05, 4.69) is 26.6 Å². The smallest absolute Gasteiger partial charge is 0.152 e. The van der Waals surface area contributed by atoms with Crippen LogP contribution < -0.4 is 0 Å². The van der Waals surface area contributed by atoms with Gasteiger partial charge in [-0.1, -0.05) is 72.3 Å². The average Bonchev–Trinajstić information content (AvgIpc) is 3.33. The summed E-state index contributed by atoms with van der Waals surface area (Å²) in [4.78, 5) is 6.68. The van der Waals surface area contributed by atoms with Gasteiger partial charge >= 0.3 is 0 Å². The van der Waals surface area contributed by atoms with Crippen LogP contribution in [0.25, 0.3) is 5.69 Å². The summed E-state index contributed by atoms with van der Waals surface area (Å²) < 4.78 is 2.12. The first-order chi connectivity index (χ1) is 16.2. The lowest BCUT2D eigenvalue weighted by atomic mass is 9.72. The monoisotopic (exact) mass is 457 g/mol. The number of hydrogen-bond donors (Lipinski definition) is 1. The highest BCUT2D eigenvalue weighted by molar-refractivity contribution is 6.31. The topological polar surface area (TPSA) is 41.3 Å². The molecule has 1 N–H and O–H groups in total. The SMILES string of the molecule is OC(c1ccccc1)(c1ccccc1)C1CCN(Cc2cccn2-c2cccnc2Cl)CC1. The molecule has 0 atom stereocenters. The zero-order chi connectivity index (χ0) is 22.7. The largest absolute Gasteiger partial charge is 0.380 e. The molecule has 3 heterocycles. The van der Waals surface area contributed by atoms with Crippen LogP contribution in [0.2, 0.25) is 5.15 Å².